The lowest BCUT2D eigenvalue weighted by Crippen LogP contribution is -2.23. The fourth-order valence-corrected chi connectivity index (χ4v) is 3.08. The van der Waals surface area contributed by atoms with E-state index in [0.717, 1.165) is 0 Å². The van der Waals surface area contributed by atoms with Crippen molar-refractivity contribution in [1.82, 2.24) is 4.98 Å². The van der Waals surface area contributed by atoms with Gasteiger partial charge in [0, 0.05) is 17.1 Å². The van der Waals surface area contributed by atoms with Crippen LogP contribution in [-0.4, -0.2) is 46.2 Å². The van der Waals surface area contributed by atoms with Crippen molar-refractivity contribution < 1.29 is 28.8 Å². The number of hydrogen-bond donors (Lipinski definition) is 4. The van der Waals surface area contributed by atoms with Gasteiger partial charge in [0.15, 0.2) is 0 Å². The van der Waals surface area contributed by atoms with E-state index in [-0.39, 0.29) is 18.0 Å². The Morgan fingerprint density at radius 1 is 1.10 bits per heavy atom. The SMILES string of the molecule is Cc1cc(O)c(-c2cc(-c3ccc(OC(F)F)cc3)cc(NCC(O)CO)n2)cc1Cl. The molecule has 0 aliphatic rings. The third-order valence-electron chi connectivity index (χ3n) is 4.52. The number of pyridine rings is 1. The third kappa shape index (κ3) is 5.81. The smallest absolute Gasteiger partial charge is 0.387 e. The number of anilines is 1. The number of aliphatic hydroxyl groups excluding tert-OH is 2. The molecule has 3 rings (SSSR count). The molecule has 0 fully saturated rings. The molecule has 4 N–H and O–H groups in total. The van der Waals surface area contributed by atoms with Gasteiger partial charge < -0.3 is 25.4 Å². The number of aromatic hydroxyl groups is 1. The summed E-state index contributed by atoms with van der Waals surface area (Å²) in [6, 6.07) is 12.6. The molecule has 0 saturated heterocycles. The van der Waals surface area contributed by atoms with Crippen LogP contribution in [0.4, 0.5) is 14.6 Å². The average Bonchev–Trinajstić information content (AvgIpc) is 2.74. The first-order chi connectivity index (χ1) is 14.8. The second kappa shape index (κ2) is 9.91. The lowest BCUT2D eigenvalue weighted by Gasteiger charge is -2.14. The quantitative estimate of drug-likeness (QED) is 0.405. The van der Waals surface area contributed by atoms with Gasteiger partial charge in [-0.05, 0) is 60.0 Å². The van der Waals surface area contributed by atoms with E-state index in [2.05, 4.69) is 15.0 Å². The van der Waals surface area contributed by atoms with Gasteiger partial charge in [0.2, 0.25) is 0 Å². The summed E-state index contributed by atoms with van der Waals surface area (Å²) < 4.78 is 29.2. The molecule has 0 spiro atoms. The van der Waals surface area contributed by atoms with Crippen molar-refractivity contribution in [3.8, 4) is 33.9 Å². The minimum atomic E-state index is -2.92. The first-order valence-corrected chi connectivity index (χ1v) is 9.74. The van der Waals surface area contributed by atoms with E-state index in [1.54, 1.807) is 37.3 Å². The minimum Gasteiger partial charge on any atom is -0.507 e. The van der Waals surface area contributed by atoms with Crippen molar-refractivity contribution >= 4 is 17.4 Å². The number of phenols is 1. The Bertz CT molecular complexity index is 1050. The topological polar surface area (TPSA) is 94.8 Å². The van der Waals surface area contributed by atoms with E-state index in [1.807, 2.05) is 0 Å². The molecule has 1 heterocycles. The number of rotatable bonds is 8. The Balaban J connectivity index is 2.04. The molecule has 0 radical (unpaired) electrons. The van der Waals surface area contributed by atoms with Gasteiger partial charge in [-0.2, -0.15) is 8.78 Å². The maximum Gasteiger partial charge on any atom is 0.387 e. The van der Waals surface area contributed by atoms with Gasteiger partial charge in [-0.15, -0.1) is 0 Å². The molecule has 1 atom stereocenters. The van der Waals surface area contributed by atoms with Crippen LogP contribution in [0, 0.1) is 6.92 Å². The van der Waals surface area contributed by atoms with Crippen LogP contribution >= 0.6 is 11.6 Å². The van der Waals surface area contributed by atoms with Crippen LogP contribution in [0.3, 0.4) is 0 Å². The zero-order valence-corrected chi connectivity index (χ0v) is 17.3. The van der Waals surface area contributed by atoms with E-state index in [4.69, 9.17) is 16.7 Å². The van der Waals surface area contributed by atoms with Crippen LogP contribution in [0.25, 0.3) is 22.4 Å². The number of nitrogens with one attached hydrogen (secondary N) is 1. The molecule has 0 aliphatic carbocycles. The monoisotopic (exact) mass is 450 g/mol. The van der Waals surface area contributed by atoms with Crippen molar-refractivity contribution in [3.05, 3.63) is 59.1 Å². The lowest BCUT2D eigenvalue weighted by molar-refractivity contribution is -0.0498. The normalized spacial score (nSPS) is 12.1. The van der Waals surface area contributed by atoms with E-state index in [9.17, 15) is 19.0 Å². The fraction of sp³-hybridized carbons (Fsp3) is 0.227. The van der Waals surface area contributed by atoms with E-state index in [0.29, 0.717) is 38.8 Å². The number of alkyl halides is 2. The van der Waals surface area contributed by atoms with Gasteiger partial charge in [-0.3, -0.25) is 0 Å². The fourth-order valence-electron chi connectivity index (χ4n) is 2.91. The van der Waals surface area contributed by atoms with Crippen molar-refractivity contribution in [1.29, 1.82) is 0 Å². The van der Waals surface area contributed by atoms with E-state index >= 15 is 0 Å². The Hall–Kier alpha value is -2.94. The molecule has 164 valence electrons. The highest BCUT2D eigenvalue weighted by atomic mass is 35.5. The lowest BCUT2D eigenvalue weighted by atomic mass is 10.0. The number of aryl methyl sites for hydroxylation is 1. The Morgan fingerprint density at radius 2 is 1.81 bits per heavy atom. The number of phenolic OH excluding ortho intramolecular Hbond substituents is 1. The van der Waals surface area contributed by atoms with Gasteiger partial charge in [-0.1, -0.05) is 23.7 Å². The number of aromatic nitrogens is 1. The van der Waals surface area contributed by atoms with Crippen molar-refractivity contribution in [2.75, 3.05) is 18.5 Å². The summed E-state index contributed by atoms with van der Waals surface area (Å²) in [6.07, 6.45) is -0.984. The van der Waals surface area contributed by atoms with E-state index < -0.39 is 19.3 Å². The standard InChI is InChI=1S/C22H21ClF2N2O4/c1-12-6-20(30)17(9-18(12)23)19-7-14(8-21(27-19)26-10-15(29)11-28)13-2-4-16(5-3-13)31-22(24)25/h2-9,15,22,28-30H,10-11H2,1H3,(H,26,27). The van der Waals surface area contributed by atoms with Crippen LogP contribution in [-0.2, 0) is 0 Å². The number of aliphatic hydroxyl groups is 2. The zero-order valence-electron chi connectivity index (χ0n) is 16.5. The molecular weight excluding hydrogens is 430 g/mol. The molecule has 0 amide bonds. The number of halogens is 3. The molecular formula is C22H21ClF2N2O4. The summed E-state index contributed by atoms with van der Waals surface area (Å²) in [5, 5.41) is 32.5. The predicted molar refractivity (Wildman–Crippen MR) is 115 cm³/mol. The summed E-state index contributed by atoms with van der Waals surface area (Å²) >= 11 is 6.22. The second-order valence-electron chi connectivity index (χ2n) is 6.87. The number of hydrogen-bond acceptors (Lipinski definition) is 6. The molecule has 3 aromatic rings. The van der Waals surface area contributed by atoms with Crippen molar-refractivity contribution in [2.45, 2.75) is 19.6 Å². The largest absolute Gasteiger partial charge is 0.507 e. The number of benzene rings is 2. The minimum absolute atomic E-state index is 0.00595. The summed E-state index contributed by atoms with van der Waals surface area (Å²) in [5.74, 6) is 0.401. The zero-order chi connectivity index (χ0) is 22.5. The van der Waals surface area contributed by atoms with Gasteiger partial charge in [0.1, 0.15) is 17.3 Å². The van der Waals surface area contributed by atoms with Gasteiger partial charge in [-0.25, -0.2) is 4.98 Å². The van der Waals surface area contributed by atoms with Crippen molar-refractivity contribution in [3.63, 3.8) is 0 Å². The second-order valence-corrected chi connectivity index (χ2v) is 7.27. The maximum absolute atomic E-state index is 12.4. The first-order valence-electron chi connectivity index (χ1n) is 9.36. The molecule has 0 bridgehead atoms. The Morgan fingerprint density at radius 3 is 2.45 bits per heavy atom. The van der Waals surface area contributed by atoms with Crippen LogP contribution in [0.5, 0.6) is 11.5 Å². The highest BCUT2D eigenvalue weighted by Crippen LogP contribution is 2.36. The van der Waals surface area contributed by atoms with Gasteiger partial charge in [0.25, 0.3) is 0 Å². The molecule has 1 aromatic heterocycles. The van der Waals surface area contributed by atoms with Crippen LogP contribution in [0.2, 0.25) is 5.02 Å². The molecule has 9 heteroatoms. The van der Waals surface area contributed by atoms with E-state index in [1.165, 1.54) is 18.2 Å². The third-order valence-corrected chi connectivity index (χ3v) is 4.93. The van der Waals surface area contributed by atoms with Crippen LogP contribution < -0.4 is 10.1 Å². The molecule has 1 unspecified atom stereocenters. The number of nitrogens with zero attached hydrogens (tertiary/aromatic N) is 1. The molecule has 2 aromatic carbocycles. The molecule has 0 saturated carbocycles. The molecule has 6 nitrogen and oxygen atoms in total. The van der Waals surface area contributed by atoms with Crippen LogP contribution in [0.1, 0.15) is 5.56 Å². The molecule has 31 heavy (non-hydrogen) atoms. The predicted octanol–water partition coefficient (Wildman–Crippen LogP) is 4.45. The van der Waals surface area contributed by atoms with Gasteiger partial charge in [0.05, 0.1) is 18.4 Å². The summed E-state index contributed by atoms with van der Waals surface area (Å²) in [4.78, 5) is 4.48. The van der Waals surface area contributed by atoms with Crippen molar-refractivity contribution in [2.24, 2.45) is 0 Å². The summed E-state index contributed by atoms with van der Waals surface area (Å²) in [5.41, 5.74) is 2.88. The first kappa shape index (κ1) is 22.7. The molecule has 0 aliphatic heterocycles. The highest BCUT2D eigenvalue weighted by Gasteiger charge is 2.14. The summed E-state index contributed by atoms with van der Waals surface area (Å²) in [6.45, 7) is -1.52. The Kier molecular flexibility index (Phi) is 7.27. The maximum atomic E-state index is 12.4. The summed E-state index contributed by atoms with van der Waals surface area (Å²) in [7, 11) is 0. The highest BCUT2D eigenvalue weighted by molar-refractivity contribution is 6.31. The number of ether oxygens (including phenoxy) is 1. The van der Waals surface area contributed by atoms with Gasteiger partial charge >= 0.3 is 6.61 Å². The average molecular weight is 451 g/mol. The Labute approximate surface area is 182 Å². The van der Waals surface area contributed by atoms with Crippen LogP contribution in [0.15, 0.2) is 48.5 Å².